The van der Waals surface area contributed by atoms with E-state index < -0.39 is 0 Å². The number of morpholine rings is 2. The summed E-state index contributed by atoms with van der Waals surface area (Å²) in [5.74, 6) is 0.702. The minimum Gasteiger partial charge on any atom is -0.476 e. The van der Waals surface area contributed by atoms with Crippen LogP contribution in [0.25, 0.3) is 10.9 Å². The summed E-state index contributed by atoms with van der Waals surface area (Å²) in [7, 11) is 0. The first-order valence-electron chi connectivity index (χ1n) is 11.0. The fourth-order valence-corrected chi connectivity index (χ4v) is 3.99. The van der Waals surface area contributed by atoms with Crippen molar-refractivity contribution in [2.45, 2.75) is 0 Å². The van der Waals surface area contributed by atoms with Gasteiger partial charge in [-0.1, -0.05) is 18.2 Å². The zero-order chi connectivity index (χ0) is 21.8. The maximum Gasteiger partial charge on any atom is 0.281 e. The van der Waals surface area contributed by atoms with Gasteiger partial charge in [0.15, 0.2) is 0 Å². The van der Waals surface area contributed by atoms with Crippen LogP contribution in [-0.2, 0) is 9.47 Å². The Morgan fingerprint density at radius 1 is 0.969 bits per heavy atom. The van der Waals surface area contributed by atoms with Crippen LogP contribution in [0.1, 0.15) is 10.5 Å². The molecule has 0 atom stereocenters. The first-order valence-corrected chi connectivity index (χ1v) is 11.0. The molecule has 0 saturated carbocycles. The Morgan fingerprint density at radius 2 is 1.72 bits per heavy atom. The molecule has 2 aliphatic heterocycles. The third kappa shape index (κ3) is 4.59. The van der Waals surface area contributed by atoms with Crippen molar-refractivity contribution in [1.29, 1.82) is 0 Å². The molecule has 4 heterocycles. The maximum absolute atomic E-state index is 13.4. The molecular formula is C23H27N5O4. The van der Waals surface area contributed by atoms with Crippen molar-refractivity contribution in [1.82, 2.24) is 19.4 Å². The number of nitrogens with zero attached hydrogens (tertiary/aromatic N) is 5. The number of hydrogen-bond donors (Lipinski definition) is 0. The molecule has 0 aliphatic carbocycles. The van der Waals surface area contributed by atoms with E-state index >= 15 is 0 Å². The number of carbonyl (C=O) groups is 1. The van der Waals surface area contributed by atoms with Crippen LogP contribution in [0.4, 0.5) is 5.95 Å². The van der Waals surface area contributed by atoms with Crippen LogP contribution in [0.5, 0.6) is 5.88 Å². The van der Waals surface area contributed by atoms with Gasteiger partial charge in [-0.2, -0.15) is 4.98 Å². The number of hydrogen-bond acceptors (Lipinski definition) is 8. The van der Waals surface area contributed by atoms with Crippen molar-refractivity contribution in [2.24, 2.45) is 0 Å². The molecule has 0 bridgehead atoms. The quantitative estimate of drug-likeness (QED) is 0.576. The Bertz CT molecular complexity index is 1070. The highest BCUT2D eigenvalue weighted by Gasteiger charge is 2.21. The Hall–Kier alpha value is -3.01. The number of aromatic nitrogens is 3. The molecule has 0 spiro atoms. The Labute approximate surface area is 186 Å². The van der Waals surface area contributed by atoms with Crippen LogP contribution in [0, 0.1) is 0 Å². The SMILES string of the molecule is O=C(c1cc(OCCN2CCOCC2)nc(N2CCOCC2)n1)n1ccc2ccccc21. The van der Waals surface area contributed by atoms with Crippen LogP contribution in [0.2, 0.25) is 0 Å². The van der Waals surface area contributed by atoms with Crippen molar-refractivity contribution >= 4 is 22.8 Å². The molecule has 0 amide bonds. The van der Waals surface area contributed by atoms with Crippen LogP contribution in [0.15, 0.2) is 42.6 Å². The molecule has 2 aromatic heterocycles. The molecule has 2 saturated heterocycles. The van der Waals surface area contributed by atoms with Crippen LogP contribution in [-0.4, -0.2) is 91.1 Å². The first kappa shape index (κ1) is 20.9. The fourth-order valence-electron chi connectivity index (χ4n) is 3.99. The van der Waals surface area contributed by atoms with Gasteiger partial charge >= 0.3 is 0 Å². The van der Waals surface area contributed by atoms with E-state index in [0.717, 1.165) is 43.8 Å². The van der Waals surface area contributed by atoms with Crippen molar-refractivity contribution in [3.8, 4) is 5.88 Å². The summed E-state index contributed by atoms with van der Waals surface area (Å²) in [6, 6.07) is 11.4. The molecule has 9 heteroatoms. The topological polar surface area (TPSA) is 81.9 Å². The number of para-hydroxylation sites is 1. The lowest BCUT2D eigenvalue weighted by molar-refractivity contribution is 0.0320. The lowest BCUT2D eigenvalue weighted by atomic mass is 10.2. The largest absolute Gasteiger partial charge is 0.476 e. The van der Waals surface area contributed by atoms with E-state index in [9.17, 15) is 4.79 Å². The highest BCUT2D eigenvalue weighted by molar-refractivity contribution is 6.01. The van der Waals surface area contributed by atoms with Gasteiger partial charge in [0.25, 0.3) is 5.91 Å². The molecule has 5 rings (SSSR count). The molecule has 1 aromatic carbocycles. The van der Waals surface area contributed by atoms with Crippen molar-refractivity contribution < 1.29 is 19.0 Å². The summed E-state index contributed by atoms with van der Waals surface area (Å²) in [4.78, 5) is 26.9. The van der Waals surface area contributed by atoms with Crippen molar-refractivity contribution in [2.75, 3.05) is 70.7 Å². The highest BCUT2D eigenvalue weighted by Crippen LogP contribution is 2.21. The van der Waals surface area contributed by atoms with Gasteiger partial charge in [0, 0.05) is 50.4 Å². The van der Waals surface area contributed by atoms with Gasteiger partial charge in [-0.05, 0) is 12.1 Å². The Kier molecular flexibility index (Phi) is 6.29. The van der Waals surface area contributed by atoms with Gasteiger partial charge in [0.1, 0.15) is 12.3 Å². The monoisotopic (exact) mass is 437 g/mol. The Balaban J connectivity index is 1.40. The maximum atomic E-state index is 13.4. The second-order valence-electron chi connectivity index (χ2n) is 7.84. The average molecular weight is 438 g/mol. The molecular weight excluding hydrogens is 410 g/mol. The average Bonchev–Trinajstić information content (AvgIpc) is 3.29. The zero-order valence-electron chi connectivity index (χ0n) is 18.0. The smallest absolute Gasteiger partial charge is 0.281 e. The molecule has 0 radical (unpaired) electrons. The van der Waals surface area contributed by atoms with E-state index in [0.29, 0.717) is 50.4 Å². The third-order valence-corrected chi connectivity index (χ3v) is 5.78. The van der Waals surface area contributed by atoms with E-state index in [1.165, 1.54) is 0 Å². The number of ether oxygens (including phenoxy) is 3. The van der Waals surface area contributed by atoms with Gasteiger partial charge in [0.2, 0.25) is 11.8 Å². The van der Waals surface area contributed by atoms with Crippen LogP contribution >= 0.6 is 0 Å². The third-order valence-electron chi connectivity index (χ3n) is 5.78. The number of fused-ring (bicyclic) bond motifs is 1. The van der Waals surface area contributed by atoms with Crippen LogP contribution < -0.4 is 9.64 Å². The molecule has 2 aliphatic rings. The van der Waals surface area contributed by atoms with Crippen molar-refractivity contribution in [3.05, 3.63) is 48.3 Å². The second kappa shape index (κ2) is 9.64. The number of carbonyl (C=O) groups excluding carboxylic acids is 1. The minimum atomic E-state index is -0.207. The number of anilines is 1. The normalized spacial score (nSPS) is 17.6. The van der Waals surface area contributed by atoms with Gasteiger partial charge < -0.3 is 19.1 Å². The standard InChI is InChI=1S/C23H27N5O4/c29-22(28-6-5-18-3-1-2-4-20(18)28)19-17-21(32-16-9-26-7-12-30-13-8-26)25-23(24-19)27-10-14-31-15-11-27/h1-6,17H,7-16H2. The fraction of sp³-hybridized carbons (Fsp3) is 0.435. The van der Waals surface area contributed by atoms with Gasteiger partial charge in [-0.25, -0.2) is 4.98 Å². The lowest BCUT2D eigenvalue weighted by Gasteiger charge is -2.27. The van der Waals surface area contributed by atoms with Gasteiger partial charge in [-0.3, -0.25) is 14.3 Å². The number of benzene rings is 1. The summed E-state index contributed by atoms with van der Waals surface area (Å²) in [5.41, 5.74) is 1.16. The van der Waals surface area contributed by atoms with E-state index in [1.54, 1.807) is 16.8 Å². The molecule has 0 unspecified atom stereocenters. The zero-order valence-corrected chi connectivity index (χ0v) is 18.0. The molecule has 2 fully saturated rings. The predicted octanol–water partition coefficient (Wildman–Crippen LogP) is 1.67. The lowest BCUT2D eigenvalue weighted by Crippen LogP contribution is -2.39. The Morgan fingerprint density at radius 3 is 2.53 bits per heavy atom. The molecule has 168 valence electrons. The van der Waals surface area contributed by atoms with Crippen LogP contribution in [0.3, 0.4) is 0 Å². The molecule has 3 aromatic rings. The van der Waals surface area contributed by atoms with E-state index in [-0.39, 0.29) is 5.91 Å². The number of rotatable bonds is 6. The van der Waals surface area contributed by atoms with E-state index in [4.69, 9.17) is 14.2 Å². The van der Waals surface area contributed by atoms with Gasteiger partial charge in [-0.15, -0.1) is 0 Å². The highest BCUT2D eigenvalue weighted by atomic mass is 16.5. The minimum absolute atomic E-state index is 0.207. The molecule has 32 heavy (non-hydrogen) atoms. The summed E-state index contributed by atoms with van der Waals surface area (Å²) in [5, 5.41) is 1.00. The summed E-state index contributed by atoms with van der Waals surface area (Å²) >= 11 is 0. The predicted molar refractivity (Wildman–Crippen MR) is 119 cm³/mol. The molecule has 9 nitrogen and oxygen atoms in total. The first-order chi connectivity index (χ1) is 15.8. The molecule has 0 N–H and O–H groups in total. The summed E-state index contributed by atoms with van der Waals surface area (Å²) < 4.78 is 18.5. The van der Waals surface area contributed by atoms with E-state index in [1.807, 2.05) is 35.2 Å². The van der Waals surface area contributed by atoms with Gasteiger partial charge in [0.05, 0.1) is 31.9 Å². The second-order valence-corrected chi connectivity index (χ2v) is 7.84. The summed E-state index contributed by atoms with van der Waals surface area (Å²) in [6.45, 7) is 7.14. The van der Waals surface area contributed by atoms with Crippen molar-refractivity contribution in [3.63, 3.8) is 0 Å². The summed E-state index contributed by atoms with van der Waals surface area (Å²) in [6.07, 6.45) is 1.78. The van der Waals surface area contributed by atoms with E-state index in [2.05, 4.69) is 14.9 Å².